The first kappa shape index (κ1) is 18.7. The molecule has 1 saturated heterocycles. The summed E-state index contributed by atoms with van der Waals surface area (Å²) in [5.74, 6) is -1.15. The monoisotopic (exact) mass is 404 g/mol. The predicted octanol–water partition coefficient (Wildman–Crippen LogP) is 3.27. The average molecular weight is 404 g/mol. The molecule has 2 aliphatic heterocycles. The summed E-state index contributed by atoms with van der Waals surface area (Å²) in [4.78, 5) is 27.8. The Balaban J connectivity index is 1.82. The molecule has 5 nitrogen and oxygen atoms in total. The molecule has 2 aliphatic rings. The summed E-state index contributed by atoms with van der Waals surface area (Å²) in [6, 6.07) is 8.85. The van der Waals surface area contributed by atoms with Crippen molar-refractivity contribution in [2.45, 2.75) is 18.3 Å². The van der Waals surface area contributed by atoms with E-state index in [9.17, 15) is 18.4 Å². The Hall–Kier alpha value is -2.61. The maximum absolute atomic E-state index is 13.7. The number of anilines is 1. The topological polar surface area (TPSA) is 49.9 Å². The molecule has 0 unspecified atom stereocenters. The number of hydrogen-bond acceptors (Lipinski definition) is 4. The minimum absolute atomic E-state index is 0.0728. The Labute approximate surface area is 165 Å². The number of amides is 2. The van der Waals surface area contributed by atoms with Gasteiger partial charge in [0.2, 0.25) is 5.91 Å². The molecule has 1 atom stereocenters. The first-order valence-electron chi connectivity index (χ1n) is 8.75. The lowest BCUT2D eigenvalue weighted by Crippen LogP contribution is -2.49. The van der Waals surface area contributed by atoms with E-state index in [1.165, 1.54) is 36.8 Å². The number of carbonyl (C=O) groups is 2. The van der Waals surface area contributed by atoms with Gasteiger partial charge in [-0.3, -0.25) is 9.59 Å². The lowest BCUT2D eigenvalue weighted by atomic mass is 10.1. The highest BCUT2D eigenvalue weighted by Gasteiger charge is 2.59. The molecule has 0 bridgehead atoms. The van der Waals surface area contributed by atoms with Crippen molar-refractivity contribution in [2.24, 2.45) is 0 Å². The van der Waals surface area contributed by atoms with Crippen molar-refractivity contribution in [3.05, 3.63) is 59.2 Å². The minimum Gasteiger partial charge on any atom is -0.497 e. The van der Waals surface area contributed by atoms with E-state index in [1.807, 2.05) is 0 Å². The van der Waals surface area contributed by atoms with Crippen LogP contribution in [0, 0.1) is 11.6 Å². The zero-order valence-electron chi connectivity index (χ0n) is 15.4. The molecule has 4 rings (SSSR count). The third-order valence-corrected chi connectivity index (χ3v) is 6.52. The number of nitrogens with zero attached hydrogens (tertiary/aromatic N) is 2. The minimum atomic E-state index is -1.16. The van der Waals surface area contributed by atoms with E-state index in [-0.39, 0.29) is 18.4 Å². The van der Waals surface area contributed by atoms with Gasteiger partial charge in [0.15, 0.2) is 16.5 Å². The zero-order chi connectivity index (χ0) is 20.1. The summed E-state index contributed by atoms with van der Waals surface area (Å²) >= 11 is 1.40. The van der Waals surface area contributed by atoms with E-state index in [0.29, 0.717) is 34.9 Å². The van der Waals surface area contributed by atoms with Gasteiger partial charge >= 0.3 is 0 Å². The molecule has 0 aromatic heterocycles. The fourth-order valence-corrected chi connectivity index (χ4v) is 5.33. The number of halogens is 2. The Morgan fingerprint density at radius 2 is 2.00 bits per heavy atom. The highest BCUT2D eigenvalue weighted by atomic mass is 32.2. The summed E-state index contributed by atoms with van der Waals surface area (Å²) in [5.41, 5.74) is 1.77. The number of rotatable bonds is 3. The first-order chi connectivity index (χ1) is 13.4. The highest BCUT2D eigenvalue weighted by molar-refractivity contribution is 8.01. The number of carbonyl (C=O) groups excluding carboxylic acids is 2. The first-order valence-corrected chi connectivity index (χ1v) is 9.73. The SMILES string of the molecule is COc1ccc2c(c1)[C@]1(SCCN1C(C)=O)C(=O)N2Cc1ccc(F)c(F)c1. The second-order valence-electron chi connectivity index (χ2n) is 6.69. The maximum atomic E-state index is 13.7. The molecule has 0 radical (unpaired) electrons. The Bertz CT molecular complexity index is 984. The van der Waals surface area contributed by atoms with Crippen LogP contribution in [0.5, 0.6) is 5.75 Å². The average Bonchev–Trinajstić information content (AvgIpc) is 3.22. The smallest absolute Gasteiger partial charge is 0.268 e. The third-order valence-electron chi connectivity index (χ3n) is 5.11. The number of fused-ring (bicyclic) bond motifs is 2. The molecule has 2 amide bonds. The molecule has 0 N–H and O–H groups in total. The molecule has 1 spiro atoms. The zero-order valence-corrected chi connectivity index (χ0v) is 16.2. The van der Waals surface area contributed by atoms with Crippen LogP contribution in [0.1, 0.15) is 18.1 Å². The summed E-state index contributed by atoms with van der Waals surface area (Å²) in [5, 5.41) is 0. The molecule has 8 heteroatoms. The molecule has 146 valence electrons. The number of benzene rings is 2. The Morgan fingerprint density at radius 3 is 2.68 bits per heavy atom. The van der Waals surface area contributed by atoms with Gasteiger partial charge in [-0.2, -0.15) is 0 Å². The molecule has 0 saturated carbocycles. The van der Waals surface area contributed by atoms with E-state index < -0.39 is 16.5 Å². The van der Waals surface area contributed by atoms with Crippen molar-refractivity contribution in [2.75, 3.05) is 24.3 Å². The Morgan fingerprint density at radius 1 is 1.21 bits per heavy atom. The molecular weight excluding hydrogens is 386 g/mol. The van der Waals surface area contributed by atoms with Crippen LogP contribution in [0.25, 0.3) is 0 Å². The summed E-state index contributed by atoms with van der Waals surface area (Å²) in [7, 11) is 1.54. The van der Waals surface area contributed by atoms with Crippen LogP contribution in [0.15, 0.2) is 36.4 Å². The second kappa shape index (κ2) is 6.77. The van der Waals surface area contributed by atoms with Gasteiger partial charge < -0.3 is 14.5 Å². The van der Waals surface area contributed by atoms with Crippen LogP contribution in [-0.2, 0) is 21.0 Å². The van der Waals surface area contributed by atoms with Gasteiger partial charge in [0.1, 0.15) is 5.75 Å². The van der Waals surface area contributed by atoms with Gasteiger partial charge in [-0.05, 0) is 35.9 Å². The quantitative estimate of drug-likeness (QED) is 0.788. The number of methoxy groups -OCH3 is 1. The fourth-order valence-electron chi connectivity index (χ4n) is 3.83. The van der Waals surface area contributed by atoms with Crippen molar-refractivity contribution < 1.29 is 23.1 Å². The molecular formula is C20H18F2N2O3S. The largest absolute Gasteiger partial charge is 0.497 e. The third kappa shape index (κ3) is 2.66. The molecule has 28 heavy (non-hydrogen) atoms. The van der Waals surface area contributed by atoms with Crippen molar-refractivity contribution in [3.63, 3.8) is 0 Å². The number of ether oxygens (including phenoxy) is 1. The molecule has 2 heterocycles. The van der Waals surface area contributed by atoms with E-state index in [1.54, 1.807) is 23.1 Å². The van der Waals surface area contributed by atoms with Crippen molar-refractivity contribution >= 4 is 29.3 Å². The van der Waals surface area contributed by atoms with E-state index in [0.717, 1.165) is 12.1 Å². The lowest BCUT2D eigenvalue weighted by Gasteiger charge is -2.32. The van der Waals surface area contributed by atoms with Crippen molar-refractivity contribution in [3.8, 4) is 5.75 Å². The summed E-state index contributed by atoms with van der Waals surface area (Å²) < 4.78 is 32.3. The van der Waals surface area contributed by atoms with Crippen LogP contribution in [0.4, 0.5) is 14.5 Å². The van der Waals surface area contributed by atoms with Crippen molar-refractivity contribution in [1.29, 1.82) is 0 Å². The van der Waals surface area contributed by atoms with Crippen LogP contribution >= 0.6 is 11.8 Å². The van der Waals surface area contributed by atoms with Crippen LogP contribution in [-0.4, -0.2) is 36.1 Å². The van der Waals surface area contributed by atoms with Crippen LogP contribution in [0.3, 0.4) is 0 Å². The van der Waals surface area contributed by atoms with Crippen molar-refractivity contribution in [1.82, 2.24) is 4.90 Å². The van der Waals surface area contributed by atoms with E-state index >= 15 is 0 Å². The lowest BCUT2D eigenvalue weighted by molar-refractivity contribution is -0.138. The fraction of sp³-hybridized carbons (Fsp3) is 0.300. The van der Waals surface area contributed by atoms with Gasteiger partial charge in [0.25, 0.3) is 5.91 Å². The van der Waals surface area contributed by atoms with Gasteiger partial charge in [0.05, 0.1) is 19.3 Å². The van der Waals surface area contributed by atoms with E-state index in [2.05, 4.69) is 0 Å². The molecule has 1 fully saturated rings. The number of hydrogen-bond donors (Lipinski definition) is 0. The molecule has 2 aromatic rings. The normalized spacial score (nSPS) is 20.8. The van der Waals surface area contributed by atoms with E-state index in [4.69, 9.17) is 4.74 Å². The summed E-state index contributed by atoms with van der Waals surface area (Å²) in [6.07, 6.45) is 0. The van der Waals surface area contributed by atoms with Gasteiger partial charge in [0, 0.05) is 24.8 Å². The molecule has 2 aromatic carbocycles. The Kier molecular flexibility index (Phi) is 4.53. The van der Waals surface area contributed by atoms with Crippen LogP contribution in [0.2, 0.25) is 0 Å². The molecule has 0 aliphatic carbocycles. The predicted molar refractivity (Wildman–Crippen MR) is 102 cm³/mol. The maximum Gasteiger partial charge on any atom is 0.268 e. The van der Waals surface area contributed by atoms with Gasteiger partial charge in [-0.15, -0.1) is 11.8 Å². The highest BCUT2D eigenvalue weighted by Crippen LogP contribution is 2.55. The van der Waals surface area contributed by atoms with Gasteiger partial charge in [-0.25, -0.2) is 8.78 Å². The summed E-state index contributed by atoms with van der Waals surface area (Å²) in [6.45, 7) is 1.98. The van der Waals surface area contributed by atoms with Gasteiger partial charge in [-0.1, -0.05) is 6.07 Å². The standard InChI is InChI=1S/C20H18F2N2O3S/c1-12(25)24-7-8-28-20(24)15-10-14(27-2)4-6-18(15)23(19(20)26)11-13-3-5-16(21)17(22)9-13/h3-6,9-10H,7-8,11H2,1-2H3/t20-/m0/s1. The second-order valence-corrected chi connectivity index (χ2v) is 7.97. The number of thioether (sulfide) groups is 1. The van der Waals surface area contributed by atoms with Crippen LogP contribution < -0.4 is 9.64 Å².